The molecule has 0 radical (unpaired) electrons. The Morgan fingerprint density at radius 3 is 1.81 bits per heavy atom. The van der Waals surface area contributed by atoms with Crippen LogP contribution in [0.3, 0.4) is 0 Å². The largest absolute Gasteiger partial charge is 0.444 e. The standard InChI is InChI=1S/C20H33N3O3/c1-12-13(2)15(4)18(16(5)14(12)3)22-10-9-21-17(24)11-23-19(25)26-20(6,7)8/h22H,9-11H2,1-8H3,(H,21,24)(H,23,25). The lowest BCUT2D eigenvalue weighted by atomic mass is 9.93. The SMILES string of the molecule is Cc1c(C)c(C)c(NCCNC(=O)CNC(=O)OC(C)(C)C)c(C)c1C. The molecule has 1 rings (SSSR count). The maximum atomic E-state index is 11.8. The molecular formula is C20H33N3O3. The molecule has 0 spiro atoms. The third-order valence-corrected chi connectivity index (χ3v) is 4.54. The lowest BCUT2D eigenvalue weighted by molar-refractivity contribution is -0.120. The Bertz CT molecular complexity index is 647. The van der Waals surface area contributed by atoms with Crippen LogP contribution >= 0.6 is 0 Å². The molecule has 0 atom stereocenters. The highest BCUT2D eigenvalue weighted by atomic mass is 16.6. The molecule has 0 bridgehead atoms. The number of nitrogens with one attached hydrogen (secondary N) is 3. The normalized spacial score (nSPS) is 11.1. The van der Waals surface area contributed by atoms with Gasteiger partial charge in [-0.05, 0) is 83.2 Å². The van der Waals surface area contributed by atoms with E-state index in [2.05, 4.69) is 50.6 Å². The number of benzene rings is 1. The van der Waals surface area contributed by atoms with Gasteiger partial charge in [-0.25, -0.2) is 4.79 Å². The van der Waals surface area contributed by atoms with E-state index in [1.165, 1.54) is 27.8 Å². The smallest absolute Gasteiger partial charge is 0.408 e. The molecular weight excluding hydrogens is 330 g/mol. The molecule has 2 amide bonds. The Hall–Kier alpha value is -2.24. The van der Waals surface area contributed by atoms with Gasteiger partial charge in [0.2, 0.25) is 5.91 Å². The first kappa shape index (κ1) is 21.8. The molecule has 0 saturated heterocycles. The first-order valence-electron chi connectivity index (χ1n) is 8.98. The average molecular weight is 364 g/mol. The minimum atomic E-state index is -0.595. The van der Waals surface area contributed by atoms with Gasteiger partial charge in [-0.1, -0.05) is 0 Å². The van der Waals surface area contributed by atoms with Crippen LogP contribution in [0.1, 0.15) is 48.6 Å². The maximum absolute atomic E-state index is 11.8. The van der Waals surface area contributed by atoms with Gasteiger partial charge in [-0.2, -0.15) is 0 Å². The predicted molar refractivity (Wildman–Crippen MR) is 106 cm³/mol. The van der Waals surface area contributed by atoms with Crippen LogP contribution in [0, 0.1) is 34.6 Å². The molecule has 0 heterocycles. The van der Waals surface area contributed by atoms with E-state index in [4.69, 9.17) is 4.74 Å². The Morgan fingerprint density at radius 1 is 0.808 bits per heavy atom. The van der Waals surface area contributed by atoms with E-state index in [9.17, 15) is 9.59 Å². The molecule has 0 saturated carbocycles. The summed E-state index contributed by atoms with van der Waals surface area (Å²) in [6.07, 6.45) is -0.595. The lowest BCUT2D eigenvalue weighted by Crippen LogP contribution is -2.40. The van der Waals surface area contributed by atoms with Crippen molar-refractivity contribution in [3.63, 3.8) is 0 Å². The molecule has 1 aromatic carbocycles. The zero-order valence-corrected chi connectivity index (χ0v) is 17.3. The van der Waals surface area contributed by atoms with E-state index in [0.29, 0.717) is 13.1 Å². The second-order valence-corrected chi connectivity index (χ2v) is 7.63. The van der Waals surface area contributed by atoms with Gasteiger partial charge in [-0.3, -0.25) is 4.79 Å². The fraction of sp³-hybridized carbons (Fsp3) is 0.600. The summed E-state index contributed by atoms with van der Waals surface area (Å²) in [7, 11) is 0. The van der Waals surface area contributed by atoms with Crippen molar-refractivity contribution in [3.8, 4) is 0 Å². The Morgan fingerprint density at radius 2 is 1.31 bits per heavy atom. The van der Waals surface area contributed by atoms with Gasteiger partial charge in [0.25, 0.3) is 0 Å². The Labute approximate surface area is 157 Å². The van der Waals surface area contributed by atoms with Gasteiger partial charge in [0.1, 0.15) is 5.60 Å². The van der Waals surface area contributed by atoms with Gasteiger partial charge < -0.3 is 20.7 Å². The number of hydrogen-bond donors (Lipinski definition) is 3. The summed E-state index contributed by atoms with van der Waals surface area (Å²) < 4.78 is 5.09. The molecule has 146 valence electrons. The molecule has 6 heteroatoms. The van der Waals surface area contributed by atoms with E-state index in [0.717, 1.165) is 5.69 Å². The number of amides is 2. The monoisotopic (exact) mass is 363 g/mol. The third kappa shape index (κ3) is 6.24. The van der Waals surface area contributed by atoms with Crippen LogP contribution in [0.25, 0.3) is 0 Å². The van der Waals surface area contributed by atoms with Gasteiger partial charge in [0.05, 0.1) is 6.54 Å². The highest BCUT2D eigenvalue weighted by Crippen LogP contribution is 2.29. The molecule has 6 nitrogen and oxygen atoms in total. The van der Waals surface area contributed by atoms with Crippen molar-refractivity contribution in [1.82, 2.24) is 10.6 Å². The summed E-state index contributed by atoms with van der Waals surface area (Å²) in [5, 5.41) is 8.64. The Balaban J connectivity index is 2.44. The molecule has 0 aliphatic carbocycles. The van der Waals surface area contributed by atoms with Gasteiger partial charge >= 0.3 is 6.09 Å². The van der Waals surface area contributed by atoms with Crippen molar-refractivity contribution in [1.29, 1.82) is 0 Å². The van der Waals surface area contributed by atoms with E-state index in [-0.39, 0.29) is 12.5 Å². The molecule has 0 aliphatic rings. The van der Waals surface area contributed by atoms with Crippen molar-refractivity contribution in [2.75, 3.05) is 25.0 Å². The predicted octanol–water partition coefficient (Wildman–Crippen LogP) is 3.28. The van der Waals surface area contributed by atoms with Crippen molar-refractivity contribution in [2.24, 2.45) is 0 Å². The summed E-state index contributed by atoms with van der Waals surface area (Å²) >= 11 is 0. The quantitative estimate of drug-likeness (QED) is 0.678. The summed E-state index contributed by atoms with van der Waals surface area (Å²) in [4.78, 5) is 23.3. The van der Waals surface area contributed by atoms with Gasteiger partial charge in [-0.15, -0.1) is 0 Å². The zero-order valence-electron chi connectivity index (χ0n) is 17.3. The van der Waals surface area contributed by atoms with Crippen molar-refractivity contribution < 1.29 is 14.3 Å². The van der Waals surface area contributed by atoms with Gasteiger partial charge in [0, 0.05) is 18.8 Å². The number of carbonyl (C=O) groups is 2. The van der Waals surface area contributed by atoms with Crippen LogP contribution < -0.4 is 16.0 Å². The molecule has 26 heavy (non-hydrogen) atoms. The first-order chi connectivity index (χ1) is 11.9. The second kappa shape index (κ2) is 8.92. The van der Waals surface area contributed by atoms with Crippen LogP contribution in [0.4, 0.5) is 10.5 Å². The fourth-order valence-corrected chi connectivity index (χ4v) is 2.68. The van der Waals surface area contributed by atoms with Crippen LogP contribution in [0.5, 0.6) is 0 Å². The lowest BCUT2D eigenvalue weighted by Gasteiger charge is -2.20. The topological polar surface area (TPSA) is 79.5 Å². The minimum absolute atomic E-state index is 0.101. The van der Waals surface area contributed by atoms with E-state index >= 15 is 0 Å². The molecule has 0 aliphatic heterocycles. The first-order valence-corrected chi connectivity index (χ1v) is 8.98. The zero-order chi connectivity index (χ0) is 20.1. The number of rotatable bonds is 6. The number of hydrogen-bond acceptors (Lipinski definition) is 4. The average Bonchev–Trinajstić information content (AvgIpc) is 2.54. The van der Waals surface area contributed by atoms with Crippen LogP contribution in [-0.4, -0.2) is 37.2 Å². The van der Waals surface area contributed by atoms with Crippen LogP contribution in [0.2, 0.25) is 0 Å². The molecule has 0 unspecified atom stereocenters. The maximum Gasteiger partial charge on any atom is 0.408 e. The van der Waals surface area contributed by atoms with Crippen molar-refractivity contribution >= 4 is 17.7 Å². The van der Waals surface area contributed by atoms with Crippen LogP contribution in [-0.2, 0) is 9.53 Å². The van der Waals surface area contributed by atoms with Crippen molar-refractivity contribution in [3.05, 3.63) is 27.8 Å². The van der Waals surface area contributed by atoms with Gasteiger partial charge in [0.15, 0.2) is 0 Å². The molecule has 0 aromatic heterocycles. The summed E-state index contributed by atoms with van der Waals surface area (Å²) in [5.41, 5.74) is 6.94. The highest BCUT2D eigenvalue weighted by Gasteiger charge is 2.16. The summed E-state index contributed by atoms with van der Waals surface area (Å²) in [5.74, 6) is -0.248. The Kier molecular flexibility index (Phi) is 7.48. The third-order valence-electron chi connectivity index (χ3n) is 4.54. The van der Waals surface area contributed by atoms with E-state index < -0.39 is 11.7 Å². The van der Waals surface area contributed by atoms with Crippen LogP contribution in [0.15, 0.2) is 0 Å². The fourth-order valence-electron chi connectivity index (χ4n) is 2.68. The van der Waals surface area contributed by atoms with E-state index in [1.54, 1.807) is 20.8 Å². The minimum Gasteiger partial charge on any atom is -0.444 e. The summed E-state index contributed by atoms with van der Waals surface area (Å²) in [6, 6.07) is 0. The molecule has 1 aromatic rings. The van der Waals surface area contributed by atoms with E-state index in [1.807, 2.05) is 0 Å². The second-order valence-electron chi connectivity index (χ2n) is 7.63. The summed E-state index contributed by atoms with van der Waals surface area (Å²) in [6.45, 7) is 16.9. The molecule has 0 fully saturated rings. The highest BCUT2D eigenvalue weighted by molar-refractivity contribution is 5.82. The number of anilines is 1. The number of carbonyl (C=O) groups excluding carboxylic acids is 2. The molecule has 3 N–H and O–H groups in total. The number of ether oxygens (including phenoxy) is 1. The number of alkyl carbamates (subject to hydrolysis) is 1. The van der Waals surface area contributed by atoms with Crippen molar-refractivity contribution in [2.45, 2.75) is 61.0 Å².